The van der Waals surface area contributed by atoms with Gasteiger partial charge in [-0.3, -0.25) is 9.69 Å². The van der Waals surface area contributed by atoms with Crippen LogP contribution < -0.4 is 0 Å². The Morgan fingerprint density at radius 3 is 2.18 bits per heavy atom. The first-order chi connectivity index (χ1) is 12.7. The van der Waals surface area contributed by atoms with E-state index in [-0.39, 0.29) is 17.9 Å². The van der Waals surface area contributed by atoms with Crippen LogP contribution in [0.4, 0.5) is 0 Å². The average molecular weight is 418 g/mol. The van der Waals surface area contributed by atoms with E-state index in [1.165, 1.54) is 15.5 Å². The van der Waals surface area contributed by atoms with Crippen LogP contribution in [0.1, 0.15) is 46.5 Å². The normalized spacial score (nSPS) is 31.4. The van der Waals surface area contributed by atoms with Crippen molar-refractivity contribution in [2.24, 2.45) is 17.3 Å². The summed E-state index contributed by atoms with van der Waals surface area (Å²) in [7, 11) is 0.0328. The van der Waals surface area contributed by atoms with Crippen molar-refractivity contribution in [1.29, 1.82) is 0 Å². The number of hydrogen-bond acceptors (Lipinski definition) is 5. The van der Waals surface area contributed by atoms with Crippen LogP contribution >= 0.6 is 0 Å². The molecule has 0 aromatic heterocycles. The van der Waals surface area contributed by atoms with Gasteiger partial charge in [0.1, 0.15) is 0 Å². The molecular weight excluding hydrogens is 378 g/mol. The molecule has 0 unspecified atom stereocenters. The van der Waals surface area contributed by atoms with E-state index in [9.17, 15) is 18.3 Å². The number of aliphatic hydroxyl groups is 1. The summed E-state index contributed by atoms with van der Waals surface area (Å²) in [5.74, 6) is 0.131. The Hall–Kier alpha value is -0.700. The first-order valence-corrected chi connectivity index (χ1v) is 12.2. The second kappa shape index (κ2) is 8.58. The summed E-state index contributed by atoms with van der Waals surface area (Å²) < 4.78 is 25.6. The van der Waals surface area contributed by atoms with Crippen LogP contribution in [0, 0.1) is 17.3 Å². The minimum absolute atomic E-state index is 0.0658. The molecule has 1 N–H and O–H groups in total. The van der Waals surface area contributed by atoms with Crippen LogP contribution in [0.5, 0.6) is 0 Å². The molecule has 1 aliphatic carbocycles. The van der Waals surface area contributed by atoms with Gasteiger partial charge in [-0.2, -0.15) is 0 Å². The Kier molecular flexibility index (Phi) is 7.22. The molecule has 1 saturated heterocycles. The summed E-state index contributed by atoms with van der Waals surface area (Å²) >= 11 is 0. The van der Waals surface area contributed by atoms with Crippen molar-refractivity contribution in [3.63, 3.8) is 0 Å². The molecule has 2 fully saturated rings. The van der Waals surface area contributed by atoms with Crippen molar-refractivity contribution in [3.05, 3.63) is 0 Å². The number of nitrogens with zero attached hydrogens (tertiary/aromatic N) is 3. The third-order valence-corrected chi connectivity index (χ3v) is 7.76. The van der Waals surface area contributed by atoms with Gasteiger partial charge >= 0.3 is 0 Å². The standard InChI is InChI=1S/C20H39N3O4S/c1-19(2,3)17-7-9-20(25,10-8-17)15-22-11-12-23(28(6,26)27)14-16(13-22)18(24)21(4)5/h16-17,25H,7-15H2,1-6H3/t16-,17?,20?/m0/s1. The van der Waals surface area contributed by atoms with Gasteiger partial charge < -0.3 is 10.0 Å². The van der Waals surface area contributed by atoms with E-state index in [4.69, 9.17) is 0 Å². The molecule has 7 nitrogen and oxygen atoms in total. The zero-order valence-electron chi connectivity index (χ0n) is 18.4. The summed E-state index contributed by atoms with van der Waals surface area (Å²) in [6.07, 6.45) is 4.72. The third-order valence-electron chi connectivity index (χ3n) is 6.49. The summed E-state index contributed by atoms with van der Waals surface area (Å²) in [6, 6.07) is 0. The Morgan fingerprint density at radius 1 is 1.14 bits per heavy atom. The van der Waals surface area contributed by atoms with Crippen LogP contribution in [0.3, 0.4) is 0 Å². The van der Waals surface area contributed by atoms with Gasteiger partial charge in [0.15, 0.2) is 0 Å². The molecule has 0 aromatic carbocycles. The fourth-order valence-electron chi connectivity index (χ4n) is 4.61. The smallest absolute Gasteiger partial charge is 0.227 e. The molecule has 164 valence electrons. The molecule has 1 saturated carbocycles. The van der Waals surface area contributed by atoms with E-state index >= 15 is 0 Å². The van der Waals surface area contributed by atoms with E-state index < -0.39 is 21.5 Å². The lowest BCUT2D eigenvalue weighted by molar-refractivity contribution is -0.134. The molecule has 1 amide bonds. The number of sulfonamides is 1. The van der Waals surface area contributed by atoms with Crippen LogP contribution in [0.2, 0.25) is 0 Å². The Balaban J connectivity index is 2.09. The van der Waals surface area contributed by atoms with Crippen LogP contribution in [0.15, 0.2) is 0 Å². The van der Waals surface area contributed by atoms with E-state index in [1.54, 1.807) is 14.1 Å². The van der Waals surface area contributed by atoms with Crippen molar-refractivity contribution >= 4 is 15.9 Å². The maximum atomic E-state index is 12.6. The van der Waals surface area contributed by atoms with Gasteiger partial charge in [0.25, 0.3) is 0 Å². The minimum atomic E-state index is -3.36. The highest BCUT2D eigenvalue weighted by Gasteiger charge is 2.40. The number of carbonyl (C=O) groups excluding carboxylic acids is 1. The Labute approximate surface area is 171 Å². The maximum absolute atomic E-state index is 12.6. The third kappa shape index (κ3) is 6.15. The van der Waals surface area contributed by atoms with Crippen molar-refractivity contribution < 1.29 is 18.3 Å². The SMILES string of the molecule is CN(C)C(=O)[C@H]1CN(CC2(O)CCC(C(C)(C)C)CC2)CCN(S(C)(=O)=O)C1. The van der Waals surface area contributed by atoms with Crippen LogP contribution in [-0.2, 0) is 14.8 Å². The fraction of sp³-hybridized carbons (Fsp3) is 0.950. The minimum Gasteiger partial charge on any atom is -0.389 e. The Bertz CT molecular complexity index is 649. The summed E-state index contributed by atoms with van der Waals surface area (Å²) in [5.41, 5.74) is -0.503. The van der Waals surface area contributed by atoms with E-state index in [0.29, 0.717) is 32.1 Å². The molecule has 2 rings (SSSR count). The average Bonchev–Trinajstić information content (AvgIpc) is 2.75. The highest BCUT2D eigenvalue weighted by Crippen LogP contribution is 2.41. The molecule has 0 spiro atoms. The van der Waals surface area contributed by atoms with Gasteiger partial charge in [-0.05, 0) is 37.0 Å². The van der Waals surface area contributed by atoms with Gasteiger partial charge in [0, 0.05) is 46.8 Å². The first kappa shape index (κ1) is 23.6. The van der Waals surface area contributed by atoms with Crippen molar-refractivity contribution in [3.8, 4) is 0 Å². The topological polar surface area (TPSA) is 81.2 Å². The molecule has 2 aliphatic rings. The molecule has 1 atom stereocenters. The Morgan fingerprint density at radius 2 is 1.71 bits per heavy atom. The fourth-order valence-corrected chi connectivity index (χ4v) is 5.48. The predicted octanol–water partition coefficient (Wildman–Crippen LogP) is 1.24. The zero-order valence-corrected chi connectivity index (χ0v) is 19.3. The van der Waals surface area contributed by atoms with Gasteiger partial charge in [-0.25, -0.2) is 12.7 Å². The van der Waals surface area contributed by atoms with Crippen LogP contribution in [-0.4, -0.2) is 92.2 Å². The van der Waals surface area contributed by atoms with Gasteiger partial charge in [-0.15, -0.1) is 0 Å². The van der Waals surface area contributed by atoms with E-state index in [1.807, 2.05) is 0 Å². The predicted molar refractivity (Wildman–Crippen MR) is 111 cm³/mol. The maximum Gasteiger partial charge on any atom is 0.227 e. The lowest BCUT2D eigenvalue weighted by atomic mass is 9.68. The molecule has 1 aliphatic heterocycles. The second-order valence-corrected chi connectivity index (χ2v) is 12.1. The highest BCUT2D eigenvalue weighted by molar-refractivity contribution is 7.88. The molecule has 0 radical (unpaired) electrons. The lowest BCUT2D eigenvalue weighted by Crippen LogP contribution is -2.49. The summed E-state index contributed by atoms with van der Waals surface area (Å²) in [4.78, 5) is 16.2. The molecule has 0 bridgehead atoms. The molecule has 28 heavy (non-hydrogen) atoms. The quantitative estimate of drug-likeness (QED) is 0.744. The zero-order chi connectivity index (χ0) is 21.3. The first-order valence-electron chi connectivity index (χ1n) is 10.3. The molecule has 0 aromatic rings. The van der Waals surface area contributed by atoms with E-state index in [0.717, 1.165) is 25.7 Å². The van der Waals surface area contributed by atoms with Gasteiger partial charge in [0.05, 0.1) is 17.8 Å². The van der Waals surface area contributed by atoms with Crippen LogP contribution in [0.25, 0.3) is 0 Å². The number of amides is 1. The van der Waals surface area contributed by atoms with Gasteiger partial charge in [-0.1, -0.05) is 20.8 Å². The summed E-state index contributed by atoms with van der Waals surface area (Å²) in [5, 5.41) is 11.2. The number of hydrogen-bond donors (Lipinski definition) is 1. The molecular formula is C20H39N3O4S. The number of carbonyl (C=O) groups is 1. The number of β-amino-alcohol motifs (C(OH)–C–C–N with tert-alkyl or cyclic N) is 1. The van der Waals surface area contributed by atoms with Crippen molar-refractivity contribution in [1.82, 2.24) is 14.1 Å². The summed E-state index contributed by atoms with van der Waals surface area (Å²) in [6.45, 7) is 8.85. The van der Waals surface area contributed by atoms with Crippen molar-refractivity contribution in [2.75, 3.05) is 53.1 Å². The monoisotopic (exact) mass is 417 g/mol. The lowest BCUT2D eigenvalue weighted by Gasteiger charge is -2.43. The number of rotatable bonds is 4. The van der Waals surface area contributed by atoms with Gasteiger partial charge in [0.2, 0.25) is 15.9 Å². The van der Waals surface area contributed by atoms with Crippen molar-refractivity contribution in [2.45, 2.75) is 52.1 Å². The van der Waals surface area contributed by atoms with E-state index in [2.05, 4.69) is 25.7 Å². The largest absolute Gasteiger partial charge is 0.389 e. The molecule has 8 heteroatoms. The highest BCUT2D eigenvalue weighted by atomic mass is 32.2. The second-order valence-electron chi connectivity index (χ2n) is 10.2. The molecule has 1 heterocycles.